The summed E-state index contributed by atoms with van der Waals surface area (Å²) in [6.07, 6.45) is 1.24. The van der Waals surface area contributed by atoms with Crippen molar-refractivity contribution in [3.63, 3.8) is 0 Å². The van der Waals surface area contributed by atoms with Gasteiger partial charge in [0.2, 0.25) is 5.91 Å². The maximum atomic E-state index is 11.4. The summed E-state index contributed by atoms with van der Waals surface area (Å²) in [5, 5.41) is 2.39. The second kappa shape index (κ2) is 3.61. The standard InChI is InChI=1S/C9H12N2O3/c1-5-4-7(12)11(9(5)14)6(2)8(13)10-3/h4,6H,1-3H3,(H,10,13). The zero-order valence-corrected chi connectivity index (χ0v) is 8.33. The highest BCUT2D eigenvalue weighted by molar-refractivity contribution is 6.17. The fourth-order valence-corrected chi connectivity index (χ4v) is 1.30. The first-order valence-electron chi connectivity index (χ1n) is 4.26. The molecule has 0 bridgehead atoms. The van der Waals surface area contributed by atoms with Crippen LogP contribution >= 0.6 is 0 Å². The van der Waals surface area contributed by atoms with Crippen LogP contribution in [-0.4, -0.2) is 35.7 Å². The van der Waals surface area contributed by atoms with E-state index < -0.39 is 17.9 Å². The van der Waals surface area contributed by atoms with Gasteiger partial charge in [-0.25, -0.2) is 0 Å². The Bertz CT molecular complexity index is 333. The molecule has 1 rings (SSSR count). The van der Waals surface area contributed by atoms with Crippen LogP contribution in [0.15, 0.2) is 11.6 Å². The SMILES string of the molecule is CNC(=O)C(C)N1C(=O)C=C(C)C1=O. The van der Waals surface area contributed by atoms with Crippen LogP contribution in [0.4, 0.5) is 0 Å². The molecule has 0 radical (unpaired) electrons. The summed E-state index contributed by atoms with van der Waals surface area (Å²) in [6.45, 7) is 3.07. The smallest absolute Gasteiger partial charge is 0.257 e. The van der Waals surface area contributed by atoms with Gasteiger partial charge in [0, 0.05) is 18.7 Å². The first-order valence-corrected chi connectivity index (χ1v) is 4.26. The van der Waals surface area contributed by atoms with E-state index in [4.69, 9.17) is 0 Å². The molecule has 0 fully saturated rings. The van der Waals surface area contributed by atoms with Gasteiger partial charge >= 0.3 is 0 Å². The predicted octanol–water partition coefficient (Wildman–Crippen LogP) is -0.564. The number of likely N-dealkylation sites (N-methyl/N-ethyl adjacent to an activating group) is 1. The molecule has 1 atom stereocenters. The molecule has 1 heterocycles. The Balaban J connectivity index is 2.86. The summed E-state index contributed by atoms with van der Waals surface area (Å²) in [4.78, 5) is 34.9. The van der Waals surface area contributed by atoms with Crippen LogP contribution in [0.2, 0.25) is 0 Å². The van der Waals surface area contributed by atoms with Gasteiger partial charge in [-0.3, -0.25) is 19.3 Å². The number of amides is 3. The van der Waals surface area contributed by atoms with E-state index >= 15 is 0 Å². The lowest BCUT2D eigenvalue weighted by molar-refractivity contribution is -0.144. The molecule has 0 aromatic heterocycles. The minimum absolute atomic E-state index is 0.352. The van der Waals surface area contributed by atoms with Gasteiger partial charge in [-0.05, 0) is 13.8 Å². The Labute approximate surface area is 81.8 Å². The van der Waals surface area contributed by atoms with E-state index in [1.807, 2.05) is 0 Å². The van der Waals surface area contributed by atoms with E-state index in [9.17, 15) is 14.4 Å². The molecular formula is C9H12N2O3. The van der Waals surface area contributed by atoms with Gasteiger partial charge in [-0.1, -0.05) is 0 Å². The van der Waals surface area contributed by atoms with Crippen molar-refractivity contribution in [2.75, 3.05) is 7.05 Å². The lowest BCUT2D eigenvalue weighted by Crippen LogP contribution is -2.47. The third-order valence-corrected chi connectivity index (χ3v) is 2.15. The Morgan fingerprint density at radius 1 is 1.50 bits per heavy atom. The minimum atomic E-state index is -0.756. The molecule has 14 heavy (non-hydrogen) atoms. The Morgan fingerprint density at radius 2 is 2.07 bits per heavy atom. The van der Waals surface area contributed by atoms with Crippen LogP contribution in [0.3, 0.4) is 0 Å². The Kier molecular flexibility index (Phi) is 2.69. The van der Waals surface area contributed by atoms with Crippen molar-refractivity contribution in [1.29, 1.82) is 0 Å². The molecule has 0 aliphatic carbocycles. The van der Waals surface area contributed by atoms with Crippen LogP contribution in [0, 0.1) is 0 Å². The van der Waals surface area contributed by atoms with Crippen molar-refractivity contribution < 1.29 is 14.4 Å². The molecule has 1 aliphatic rings. The van der Waals surface area contributed by atoms with Crippen LogP contribution in [0.1, 0.15) is 13.8 Å². The van der Waals surface area contributed by atoms with Gasteiger partial charge in [0.15, 0.2) is 0 Å². The topological polar surface area (TPSA) is 66.5 Å². The normalized spacial score (nSPS) is 18.2. The van der Waals surface area contributed by atoms with E-state index in [1.54, 1.807) is 6.92 Å². The van der Waals surface area contributed by atoms with E-state index in [2.05, 4.69) is 5.32 Å². The van der Waals surface area contributed by atoms with Crippen LogP contribution in [0.5, 0.6) is 0 Å². The number of carbonyl (C=O) groups excluding carboxylic acids is 3. The second-order valence-electron chi connectivity index (χ2n) is 3.13. The molecule has 3 amide bonds. The van der Waals surface area contributed by atoms with Gasteiger partial charge in [0.05, 0.1) is 0 Å². The third kappa shape index (κ3) is 1.53. The highest BCUT2D eigenvalue weighted by atomic mass is 16.2. The zero-order valence-electron chi connectivity index (χ0n) is 8.33. The second-order valence-corrected chi connectivity index (χ2v) is 3.13. The minimum Gasteiger partial charge on any atom is -0.357 e. The van der Waals surface area contributed by atoms with Crippen LogP contribution < -0.4 is 5.32 Å². The van der Waals surface area contributed by atoms with Gasteiger partial charge in [0.25, 0.3) is 11.8 Å². The van der Waals surface area contributed by atoms with E-state index in [1.165, 1.54) is 20.0 Å². The lowest BCUT2D eigenvalue weighted by atomic mass is 10.2. The number of nitrogens with zero attached hydrogens (tertiary/aromatic N) is 1. The fraction of sp³-hybridized carbons (Fsp3) is 0.444. The Hall–Kier alpha value is -1.65. The highest BCUT2D eigenvalue weighted by Crippen LogP contribution is 2.15. The lowest BCUT2D eigenvalue weighted by Gasteiger charge is -2.20. The molecule has 0 saturated carbocycles. The molecule has 0 aromatic carbocycles. The largest absolute Gasteiger partial charge is 0.357 e. The van der Waals surface area contributed by atoms with Gasteiger partial charge in [0.1, 0.15) is 6.04 Å². The number of carbonyl (C=O) groups is 3. The highest BCUT2D eigenvalue weighted by Gasteiger charge is 2.35. The maximum Gasteiger partial charge on any atom is 0.257 e. The number of rotatable bonds is 2. The molecule has 1 aliphatic heterocycles. The monoisotopic (exact) mass is 196 g/mol. The van der Waals surface area contributed by atoms with Crippen molar-refractivity contribution >= 4 is 17.7 Å². The third-order valence-electron chi connectivity index (χ3n) is 2.15. The zero-order chi connectivity index (χ0) is 10.9. The van der Waals surface area contributed by atoms with Crippen molar-refractivity contribution in [1.82, 2.24) is 10.2 Å². The van der Waals surface area contributed by atoms with Crippen molar-refractivity contribution in [3.05, 3.63) is 11.6 Å². The summed E-state index contributed by atoms with van der Waals surface area (Å²) >= 11 is 0. The summed E-state index contributed by atoms with van der Waals surface area (Å²) in [5.41, 5.74) is 0.366. The van der Waals surface area contributed by atoms with Crippen molar-refractivity contribution in [2.24, 2.45) is 0 Å². The van der Waals surface area contributed by atoms with E-state index in [-0.39, 0.29) is 5.91 Å². The average Bonchev–Trinajstić information content (AvgIpc) is 2.39. The summed E-state index contributed by atoms with van der Waals surface area (Å²) in [5.74, 6) is -1.18. The van der Waals surface area contributed by atoms with Crippen LogP contribution in [0.25, 0.3) is 0 Å². The summed E-state index contributed by atoms with van der Waals surface area (Å²) in [7, 11) is 1.46. The van der Waals surface area contributed by atoms with Crippen molar-refractivity contribution in [3.8, 4) is 0 Å². The van der Waals surface area contributed by atoms with Crippen LogP contribution in [-0.2, 0) is 14.4 Å². The molecule has 5 heteroatoms. The molecule has 76 valence electrons. The van der Waals surface area contributed by atoms with Crippen molar-refractivity contribution in [2.45, 2.75) is 19.9 Å². The number of hydrogen-bond acceptors (Lipinski definition) is 3. The Morgan fingerprint density at radius 3 is 2.43 bits per heavy atom. The molecule has 1 N–H and O–H groups in total. The van der Waals surface area contributed by atoms with Gasteiger partial charge in [-0.2, -0.15) is 0 Å². The fourth-order valence-electron chi connectivity index (χ4n) is 1.30. The number of nitrogens with one attached hydrogen (secondary N) is 1. The van der Waals surface area contributed by atoms with Gasteiger partial charge < -0.3 is 5.32 Å². The predicted molar refractivity (Wildman–Crippen MR) is 49.1 cm³/mol. The molecule has 5 nitrogen and oxygen atoms in total. The average molecular weight is 196 g/mol. The van der Waals surface area contributed by atoms with E-state index in [0.29, 0.717) is 5.57 Å². The molecule has 1 unspecified atom stereocenters. The molecule has 0 spiro atoms. The molecule has 0 aromatic rings. The first kappa shape index (κ1) is 10.4. The number of hydrogen-bond donors (Lipinski definition) is 1. The summed E-state index contributed by atoms with van der Waals surface area (Å²) in [6, 6.07) is -0.756. The van der Waals surface area contributed by atoms with Gasteiger partial charge in [-0.15, -0.1) is 0 Å². The first-order chi connectivity index (χ1) is 6.49. The molecule has 0 saturated heterocycles. The summed E-state index contributed by atoms with van der Waals surface area (Å²) < 4.78 is 0. The quantitative estimate of drug-likeness (QED) is 0.602. The number of imide groups is 1. The molecular weight excluding hydrogens is 184 g/mol. The van der Waals surface area contributed by atoms with E-state index in [0.717, 1.165) is 4.90 Å². The maximum absolute atomic E-state index is 11.4.